The number of ketones is 1. The fraction of sp³-hybridized carbons (Fsp3) is 0.333. The molecule has 5 heteroatoms. The Morgan fingerprint density at radius 3 is 2.43 bits per heavy atom. The van der Waals surface area contributed by atoms with Crippen LogP contribution in [0.4, 0.5) is 11.4 Å². The Bertz CT molecular complexity index is 1260. The molecule has 3 aromatic rings. The van der Waals surface area contributed by atoms with Gasteiger partial charge in [0, 0.05) is 29.5 Å². The second-order valence-electron chi connectivity index (χ2n) is 9.93. The lowest BCUT2D eigenvalue weighted by Gasteiger charge is -2.37. The highest BCUT2D eigenvalue weighted by Gasteiger charge is 2.43. The van der Waals surface area contributed by atoms with Crippen molar-refractivity contribution >= 4 is 23.1 Å². The lowest BCUT2D eigenvalue weighted by Crippen LogP contribution is -2.42. The fourth-order valence-electron chi connectivity index (χ4n) is 6.05. The Morgan fingerprint density at radius 1 is 0.886 bits per heavy atom. The number of carbonyl (C=O) groups is 2. The molecule has 1 aromatic heterocycles. The van der Waals surface area contributed by atoms with Crippen molar-refractivity contribution in [1.29, 1.82) is 0 Å². The van der Waals surface area contributed by atoms with Crippen LogP contribution in [0.5, 0.6) is 0 Å². The van der Waals surface area contributed by atoms with E-state index in [2.05, 4.69) is 5.32 Å². The largest absolute Gasteiger partial charge is 0.469 e. The first kappa shape index (κ1) is 21.9. The van der Waals surface area contributed by atoms with E-state index < -0.39 is 6.04 Å². The van der Waals surface area contributed by atoms with Gasteiger partial charge >= 0.3 is 0 Å². The van der Waals surface area contributed by atoms with Gasteiger partial charge in [0.2, 0.25) is 5.91 Å². The van der Waals surface area contributed by atoms with E-state index in [1.165, 1.54) is 6.42 Å². The molecule has 1 amide bonds. The highest BCUT2D eigenvalue weighted by molar-refractivity contribution is 6.07. The Hall–Kier alpha value is -3.60. The summed E-state index contributed by atoms with van der Waals surface area (Å²) in [6.45, 7) is 0. The first-order chi connectivity index (χ1) is 17.2. The predicted molar refractivity (Wildman–Crippen MR) is 136 cm³/mol. The summed E-state index contributed by atoms with van der Waals surface area (Å²) >= 11 is 0. The van der Waals surface area contributed by atoms with E-state index in [4.69, 9.17) is 4.42 Å². The van der Waals surface area contributed by atoms with Crippen molar-refractivity contribution in [3.8, 4) is 0 Å². The summed E-state index contributed by atoms with van der Waals surface area (Å²) in [5, 5.41) is 3.59. The highest BCUT2D eigenvalue weighted by atomic mass is 16.3. The van der Waals surface area contributed by atoms with Gasteiger partial charge in [-0.2, -0.15) is 0 Å². The van der Waals surface area contributed by atoms with Crippen LogP contribution in [0.2, 0.25) is 0 Å². The number of nitrogens with one attached hydrogen (secondary N) is 1. The number of benzene rings is 2. The molecule has 1 saturated carbocycles. The number of para-hydroxylation sites is 2. The Morgan fingerprint density at radius 2 is 1.66 bits per heavy atom. The minimum absolute atomic E-state index is 0.0141. The topological polar surface area (TPSA) is 62.6 Å². The third kappa shape index (κ3) is 3.99. The van der Waals surface area contributed by atoms with Gasteiger partial charge in [-0.25, -0.2) is 0 Å². The number of carbonyl (C=O) groups excluding carboxylic acids is 2. The normalized spacial score (nSPS) is 22.7. The minimum Gasteiger partial charge on any atom is -0.469 e. The third-order valence-electron chi connectivity index (χ3n) is 7.74. The van der Waals surface area contributed by atoms with Gasteiger partial charge in [0.25, 0.3) is 0 Å². The number of furan rings is 1. The second kappa shape index (κ2) is 9.21. The average Bonchev–Trinajstić information content (AvgIpc) is 3.39. The van der Waals surface area contributed by atoms with Crippen LogP contribution >= 0.6 is 0 Å². The van der Waals surface area contributed by atoms with Gasteiger partial charge in [-0.05, 0) is 49.1 Å². The lowest BCUT2D eigenvalue weighted by molar-refractivity contribution is -0.123. The summed E-state index contributed by atoms with van der Waals surface area (Å²) in [5.41, 5.74) is 4.28. The van der Waals surface area contributed by atoms with Crippen molar-refractivity contribution in [2.24, 2.45) is 5.92 Å². The molecule has 6 rings (SSSR count). The molecule has 2 heterocycles. The number of rotatable bonds is 3. The van der Waals surface area contributed by atoms with Gasteiger partial charge in [0.05, 0.1) is 23.7 Å². The first-order valence-electron chi connectivity index (χ1n) is 12.7. The zero-order chi connectivity index (χ0) is 23.8. The maximum atomic E-state index is 14.2. The molecule has 178 valence electrons. The van der Waals surface area contributed by atoms with Gasteiger partial charge in [0.1, 0.15) is 5.76 Å². The summed E-state index contributed by atoms with van der Waals surface area (Å²) in [4.78, 5) is 30.1. The Labute approximate surface area is 205 Å². The lowest BCUT2D eigenvalue weighted by atomic mass is 9.79. The van der Waals surface area contributed by atoms with Crippen LogP contribution in [0.3, 0.4) is 0 Å². The zero-order valence-corrected chi connectivity index (χ0v) is 19.8. The van der Waals surface area contributed by atoms with Gasteiger partial charge in [-0.1, -0.05) is 61.7 Å². The molecule has 3 aliphatic rings. The molecular weight excluding hydrogens is 436 g/mol. The number of nitrogens with zero attached hydrogens (tertiary/aromatic N) is 1. The molecule has 35 heavy (non-hydrogen) atoms. The molecule has 1 aliphatic heterocycles. The smallest absolute Gasteiger partial charge is 0.231 e. The van der Waals surface area contributed by atoms with Crippen molar-refractivity contribution in [2.45, 2.75) is 56.9 Å². The number of amides is 1. The third-order valence-corrected chi connectivity index (χ3v) is 7.74. The highest BCUT2D eigenvalue weighted by Crippen LogP contribution is 2.48. The first-order valence-corrected chi connectivity index (χ1v) is 12.7. The maximum Gasteiger partial charge on any atom is 0.231 e. The average molecular weight is 467 g/mol. The van der Waals surface area contributed by atoms with Crippen LogP contribution in [0.25, 0.3) is 0 Å². The standard InChI is InChI=1S/C30H30N2O3/c33-26-19-22(27-16-9-17-35-27)18-24-28(26)29(20-10-3-1-4-11-20)32(25-15-8-7-14-23(25)31-24)30(34)21-12-5-2-6-13-21/h1,3-4,7-11,14-17,21-22,29,31H,2,5-6,12-13,18-19H2/t22-,29+/m0/s1. The van der Waals surface area contributed by atoms with Gasteiger partial charge < -0.3 is 9.73 Å². The summed E-state index contributed by atoms with van der Waals surface area (Å²) in [6.07, 6.45) is 7.87. The van der Waals surface area contributed by atoms with Crippen LogP contribution in [-0.4, -0.2) is 11.7 Å². The molecule has 2 aromatic carbocycles. The molecule has 0 radical (unpaired) electrons. The second-order valence-corrected chi connectivity index (χ2v) is 9.93. The van der Waals surface area contributed by atoms with Crippen LogP contribution in [0, 0.1) is 5.92 Å². The van der Waals surface area contributed by atoms with E-state index >= 15 is 0 Å². The van der Waals surface area contributed by atoms with Crippen molar-refractivity contribution in [3.63, 3.8) is 0 Å². The monoisotopic (exact) mass is 466 g/mol. The molecule has 2 atom stereocenters. The molecule has 5 nitrogen and oxygen atoms in total. The Balaban J connectivity index is 1.53. The van der Waals surface area contributed by atoms with Crippen molar-refractivity contribution < 1.29 is 14.0 Å². The Kier molecular flexibility index (Phi) is 5.77. The van der Waals surface area contributed by atoms with Gasteiger partial charge in [-0.15, -0.1) is 0 Å². The van der Waals surface area contributed by atoms with Crippen molar-refractivity contribution in [2.75, 3.05) is 10.2 Å². The number of hydrogen-bond donors (Lipinski definition) is 1. The maximum absolute atomic E-state index is 14.2. The molecule has 0 spiro atoms. The summed E-state index contributed by atoms with van der Waals surface area (Å²) in [5.74, 6) is 0.994. The van der Waals surface area contributed by atoms with E-state index in [-0.39, 0.29) is 23.5 Å². The number of anilines is 2. The van der Waals surface area contributed by atoms with E-state index in [0.717, 1.165) is 54.1 Å². The summed E-state index contributed by atoms with van der Waals surface area (Å²) in [6, 6.07) is 21.4. The van der Waals surface area contributed by atoms with E-state index in [1.54, 1.807) is 6.26 Å². The molecule has 0 saturated heterocycles. The number of Topliss-reactive ketones (excluding diaryl/α,β-unsaturated/α-hetero) is 1. The van der Waals surface area contributed by atoms with Gasteiger partial charge in [0.15, 0.2) is 5.78 Å². The van der Waals surface area contributed by atoms with Crippen molar-refractivity contribution in [3.05, 3.63) is 95.6 Å². The van der Waals surface area contributed by atoms with Gasteiger partial charge in [-0.3, -0.25) is 14.5 Å². The quantitative estimate of drug-likeness (QED) is 0.463. The number of hydrogen-bond acceptors (Lipinski definition) is 4. The number of allylic oxidation sites excluding steroid dienone is 1. The predicted octanol–water partition coefficient (Wildman–Crippen LogP) is 6.76. The van der Waals surface area contributed by atoms with Crippen LogP contribution in [0.1, 0.15) is 68.2 Å². The van der Waals surface area contributed by atoms with Crippen molar-refractivity contribution in [1.82, 2.24) is 0 Å². The van der Waals surface area contributed by atoms with E-state index in [1.807, 2.05) is 71.6 Å². The summed E-state index contributed by atoms with van der Waals surface area (Å²) in [7, 11) is 0. The minimum atomic E-state index is -0.457. The molecule has 1 N–H and O–H groups in total. The molecular formula is C30H30N2O3. The number of fused-ring (bicyclic) bond motifs is 1. The SMILES string of the molecule is O=C1C[C@@H](c2ccco2)CC2=C1[C@@H](c1ccccc1)N(C(=O)C1CCCCC1)c1ccccc1N2. The van der Waals surface area contributed by atoms with Crippen LogP contribution in [-0.2, 0) is 9.59 Å². The molecule has 0 bridgehead atoms. The van der Waals surface area contributed by atoms with Crippen LogP contribution < -0.4 is 10.2 Å². The fourth-order valence-corrected chi connectivity index (χ4v) is 6.05. The van der Waals surface area contributed by atoms with E-state index in [9.17, 15) is 9.59 Å². The molecule has 0 unspecified atom stereocenters. The summed E-state index contributed by atoms with van der Waals surface area (Å²) < 4.78 is 5.68. The zero-order valence-electron chi connectivity index (χ0n) is 19.8. The molecule has 2 aliphatic carbocycles. The van der Waals surface area contributed by atoms with Crippen LogP contribution in [0.15, 0.2) is 88.7 Å². The molecule has 1 fully saturated rings. The van der Waals surface area contributed by atoms with E-state index in [0.29, 0.717) is 18.4 Å².